The Labute approximate surface area is 162 Å². The summed E-state index contributed by atoms with van der Waals surface area (Å²) in [4.78, 5) is 44.0. The highest BCUT2D eigenvalue weighted by molar-refractivity contribution is 7.99. The van der Waals surface area contributed by atoms with Crippen LogP contribution in [0.4, 0.5) is 0 Å². The van der Waals surface area contributed by atoms with Crippen molar-refractivity contribution in [2.75, 3.05) is 12.3 Å². The molecule has 0 radical (unpaired) electrons. The van der Waals surface area contributed by atoms with E-state index < -0.39 is 5.69 Å². The van der Waals surface area contributed by atoms with E-state index in [1.165, 1.54) is 29.8 Å². The zero-order chi connectivity index (χ0) is 19.7. The summed E-state index contributed by atoms with van der Waals surface area (Å²) in [5.74, 6) is 0.384. The molecule has 3 rings (SSSR count). The first-order valence-corrected chi connectivity index (χ1v) is 10.4. The van der Waals surface area contributed by atoms with Gasteiger partial charge in [0.15, 0.2) is 16.3 Å². The van der Waals surface area contributed by atoms with Gasteiger partial charge < -0.3 is 9.47 Å². The molecule has 2 aromatic rings. The second-order valence-corrected chi connectivity index (χ2v) is 8.09. The number of nitrogens with zero attached hydrogens (tertiary/aromatic N) is 5. The maximum absolute atomic E-state index is 12.7. The van der Waals surface area contributed by atoms with Gasteiger partial charge in [-0.15, -0.1) is 0 Å². The highest BCUT2D eigenvalue weighted by Gasteiger charge is 2.25. The van der Waals surface area contributed by atoms with Crippen molar-refractivity contribution in [3.63, 3.8) is 0 Å². The summed E-state index contributed by atoms with van der Waals surface area (Å²) < 4.78 is 4.33. The molecule has 0 N–H and O–H groups in total. The van der Waals surface area contributed by atoms with Gasteiger partial charge in [-0.25, -0.2) is 9.78 Å². The SMILES string of the molecule is CCCn1c(SCC(=O)N2CCCC[C@H]2C)nc2c1c(=O)n(C)c(=O)n2C. The maximum Gasteiger partial charge on any atom is 0.332 e. The van der Waals surface area contributed by atoms with Crippen molar-refractivity contribution in [1.82, 2.24) is 23.6 Å². The molecule has 0 saturated carbocycles. The molecule has 1 amide bonds. The van der Waals surface area contributed by atoms with Gasteiger partial charge in [0.25, 0.3) is 5.56 Å². The number of aromatic nitrogens is 4. The fourth-order valence-electron chi connectivity index (χ4n) is 3.65. The smallest absolute Gasteiger partial charge is 0.332 e. The molecule has 0 aromatic carbocycles. The largest absolute Gasteiger partial charge is 0.339 e. The van der Waals surface area contributed by atoms with Crippen LogP contribution in [0.1, 0.15) is 39.5 Å². The zero-order valence-corrected chi connectivity index (χ0v) is 17.2. The number of piperidine rings is 1. The zero-order valence-electron chi connectivity index (χ0n) is 16.4. The van der Waals surface area contributed by atoms with E-state index in [0.717, 1.165) is 30.4 Å². The van der Waals surface area contributed by atoms with Gasteiger partial charge >= 0.3 is 5.69 Å². The molecule has 3 heterocycles. The lowest BCUT2D eigenvalue weighted by Gasteiger charge is -2.33. The van der Waals surface area contributed by atoms with Gasteiger partial charge in [-0.2, -0.15) is 0 Å². The van der Waals surface area contributed by atoms with Gasteiger partial charge in [0.1, 0.15) is 0 Å². The van der Waals surface area contributed by atoms with Crippen molar-refractivity contribution in [2.45, 2.75) is 57.3 Å². The van der Waals surface area contributed by atoms with E-state index in [1.54, 1.807) is 7.05 Å². The monoisotopic (exact) mass is 393 g/mol. The van der Waals surface area contributed by atoms with Gasteiger partial charge in [-0.05, 0) is 32.6 Å². The number of carbonyl (C=O) groups excluding carboxylic acids is 1. The number of aryl methyl sites for hydroxylation is 2. The van der Waals surface area contributed by atoms with Gasteiger partial charge in [0.2, 0.25) is 5.91 Å². The van der Waals surface area contributed by atoms with Gasteiger partial charge in [0.05, 0.1) is 5.75 Å². The molecule has 8 nitrogen and oxygen atoms in total. The van der Waals surface area contributed by atoms with Gasteiger partial charge in [-0.3, -0.25) is 18.7 Å². The molecule has 0 unspecified atom stereocenters. The number of likely N-dealkylation sites (tertiary alicyclic amines) is 1. The van der Waals surface area contributed by atoms with Crippen LogP contribution in [0.2, 0.25) is 0 Å². The second kappa shape index (κ2) is 7.92. The number of carbonyl (C=O) groups is 1. The van der Waals surface area contributed by atoms with Crippen LogP contribution in [0.15, 0.2) is 14.7 Å². The molecule has 1 saturated heterocycles. The average Bonchev–Trinajstić information content (AvgIpc) is 3.02. The first-order chi connectivity index (χ1) is 12.9. The Morgan fingerprint density at radius 1 is 1.22 bits per heavy atom. The van der Waals surface area contributed by atoms with E-state index in [2.05, 4.69) is 11.9 Å². The lowest BCUT2D eigenvalue weighted by atomic mass is 10.0. The van der Waals surface area contributed by atoms with Crippen LogP contribution in [0, 0.1) is 0 Å². The first kappa shape index (κ1) is 19.7. The molecular formula is C18H27N5O3S. The molecule has 1 aliphatic rings. The maximum atomic E-state index is 12.7. The average molecular weight is 394 g/mol. The minimum absolute atomic E-state index is 0.101. The first-order valence-electron chi connectivity index (χ1n) is 9.45. The number of rotatable bonds is 5. The summed E-state index contributed by atoms with van der Waals surface area (Å²) in [6, 6.07) is 0.273. The Balaban J connectivity index is 1.94. The number of hydrogen-bond donors (Lipinski definition) is 0. The summed E-state index contributed by atoms with van der Waals surface area (Å²) in [5.41, 5.74) is 0.0425. The Morgan fingerprint density at radius 3 is 2.63 bits per heavy atom. The molecule has 1 atom stereocenters. The highest BCUT2D eigenvalue weighted by Crippen LogP contribution is 2.24. The van der Waals surface area contributed by atoms with Crippen LogP contribution in [-0.4, -0.2) is 47.8 Å². The third-order valence-corrected chi connectivity index (χ3v) is 6.17. The van der Waals surface area contributed by atoms with Crippen LogP contribution in [-0.2, 0) is 25.4 Å². The third kappa shape index (κ3) is 3.56. The van der Waals surface area contributed by atoms with E-state index in [1.807, 2.05) is 16.4 Å². The number of thioether (sulfide) groups is 1. The van der Waals surface area contributed by atoms with Gasteiger partial charge in [0, 0.05) is 33.2 Å². The molecule has 2 aromatic heterocycles. The molecule has 0 aliphatic carbocycles. The molecule has 148 valence electrons. The topological polar surface area (TPSA) is 82.1 Å². The second-order valence-electron chi connectivity index (χ2n) is 7.14. The third-order valence-electron chi connectivity index (χ3n) is 5.21. The van der Waals surface area contributed by atoms with Crippen LogP contribution >= 0.6 is 11.8 Å². The Bertz CT molecular complexity index is 974. The Hall–Kier alpha value is -2.03. The van der Waals surface area contributed by atoms with E-state index in [-0.39, 0.29) is 23.3 Å². The van der Waals surface area contributed by atoms with Crippen LogP contribution in [0.25, 0.3) is 11.2 Å². The molecule has 0 bridgehead atoms. The Kier molecular flexibility index (Phi) is 5.78. The van der Waals surface area contributed by atoms with Crippen LogP contribution < -0.4 is 11.2 Å². The number of fused-ring (bicyclic) bond motifs is 1. The predicted molar refractivity (Wildman–Crippen MR) is 106 cm³/mol. The number of hydrogen-bond acceptors (Lipinski definition) is 5. The van der Waals surface area contributed by atoms with Crippen molar-refractivity contribution in [1.29, 1.82) is 0 Å². The minimum atomic E-state index is -0.400. The fraction of sp³-hybridized carbons (Fsp3) is 0.667. The molecule has 0 spiro atoms. The number of amides is 1. The molecule has 27 heavy (non-hydrogen) atoms. The quantitative estimate of drug-likeness (QED) is 0.716. The summed E-state index contributed by atoms with van der Waals surface area (Å²) in [5, 5.41) is 0.614. The lowest BCUT2D eigenvalue weighted by molar-refractivity contribution is -0.131. The molecular weight excluding hydrogens is 366 g/mol. The number of imidazole rings is 1. The Morgan fingerprint density at radius 2 is 1.96 bits per heavy atom. The summed E-state index contributed by atoms with van der Waals surface area (Å²) in [6.45, 7) is 5.53. The van der Waals surface area contributed by atoms with Crippen molar-refractivity contribution in [2.24, 2.45) is 14.1 Å². The molecule has 1 fully saturated rings. The highest BCUT2D eigenvalue weighted by atomic mass is 32.2. The van der Waals surface area contributed by atoms with Gasteiger partial charge in [-0.1, -0.05) is 18.7 Å². The van der Waals surface area contributed by atoms with Crippen LogP contribution in [0.5, 0.6) is 0 Å². The van der Waals surface area contributed by atoms with E-state index in [9.17, 15) is 14.4 Å². The van der Waals surface area contributed by atoms with E-state index in [4.69, 9.17) is 0 Å². The normalized spacial score (nSPS) is 17.6. The fourth-order valence-corrected chi connectivity index (χ4v) is 4.55. The lowest BCUT2D eigenvalue weighted by Crippen LogP contribution is -2.43. The molecule has 1 aliphatic heterocycles. The van der Waals surface area contributed by atoms with Crippen molar-refractivity contribution >= 4 is 28.8 Å². The molecule has 9 heteroatoms. The predicted octanol–water partition coefficient (Wildman–Crippen LogP) is 1.34. The standard InChI is InChI=1S/C18H27N5O3S/c1-5-9-23-14-15(20(3)18(26)21(4)16(14)25)19-17(23)27-11-13(24)22-10-7-6-8-12(22)2/h12H,5-11H2,1-4H3/t12-/m1/s1. The van der Waals surface area contributed by atoms with Crippen molar-refractivity contribution in [3.8, 4) is 0 Å². The summed E-state index contributed by atoms with van der Waals surface area (Å²) >= 11 is 1.34. The van der Waals surface area contributed by atoms with Crippen molar-refractivity contribution < 1.29 is 4.79 Å². The van der Waals surface area contributed by atoms with Crippen molar-refractivity contribution in [3.05, 3.63) is 20.8 Å². The summed E-state index contributed by atoms with van der Waals surface area (Å²) in [6.07, 6.45) is 4.08. The van der Waals surface area contributed by atoms with Crippen LogP contribution in [0.3, 0.4) is 0 Å². The van der Waals surface area contributed by atoms with E-state index in [0.29, 0.717) is 22.9 Å². The minimum Gasteiger partial charge on any atom is -0.339 e. The summed E-state index contributed by atoms with van der Waals surface area (Å²) in [7, 11) is 3.09. The van der Waals surface area contributed by atoms with E-state index >= 15 is 0 Å².